The maximum Gasteiger partial charge on any atom is 0.266 e. The predicted octanol–water partition coefficient (Wildman–Crippen LogP) is 3.01. The van der Waals surface area contributed by atoms with Gasteiger partial charge in [-0.15, -0.1) is 10.2 Å². The number of nitrogens with two attached hydrogens (primary N) is 1. The van der Waals surface area contributed by atoms with Crippen molar-refractivity contribution in [1.29, 1.82) is 0 Å². The van der Waals surface area contributed by atoms with E-state index in [-0.39, 0.29) is 31.7 Å². The minimum atomic E-state index is -3.98. The van der Waals surface area contributed by atoms with Crippen molar-refractivity contribution in [3.8, 4) is 5.69 Å². The summed E-state index contributed by atoms with van der Waals surface area (Å²) in [6, 6.07) is 20.3. The highest BCUT2D eigenvalue weighted by Crippen LogP contribution is 2.23. The molecule has 5 aromatic rings. The van der Waals surface area contributed by atoms with Crippen molar-refractivity contribution < 1.29 is 21.6 Å². The standard InChI is InChI=1S/C26H20ClN7O6S3/c27-22-13-14-23(32-31-22)33-43(39,40)19-9-5-16(6-10-19)29-24(35)15-41-26-30-21-4-2-1-3-20(21)25(36)34(26)17-7-11-18(12-8-17)42(28,37)38/h1-14H,15H2,(H,29,35)(H,32,33)(H2,28,37,38). The molecular weight excluding hydrogens is 638 g/mol. The zero-order valence-corrected chi connectivity index (χ0v) is 24.9. The van der Waals surface area contributed by atoms with Crippen LogP contribution in [0.3, 0.4) is 0 Å². The molecule has 0 aliphatic rings. The van der Waals surface area contributed by atoms with E-state index in [0.717, 1.165) is 11.8 Å². The molecule has 0 spiro atoms. The zero-order valence-electron chi connectivity index (χ0n) is 21.7. The molecule has 0 aliphatic carbocycles. The predicted molar refractivity (Wildman–Crippen MR) is 162 cm³/mol. The summed E-state index contributed by atoms with van der Waals surface area (Å²) in [6.07, 6.45) is 0. The second-order valence-electron chi connectivity index (χ2n) is 8.80. The number of rotatable bonds is 9. The Balaban J connectivity index is 1.33. The zero-order chi connectivity index (χ0) is 30.8. The molecule has 0 fully saturated rings. The molecule has 2 aromatic heterocycles. The lowest BCUT2D eigenvalue weighted by Gasteiger charge is -2.14. The fourth-order valence-corrected chi connectivity index (χ4v) is 6.26. The van der Waals surface area contributed by atoms with Crippen LogP contribution < -0.4 is 20.7 Å². The van der Waals surface area contributed by atoms with E-state index in [1.54, 1.807) is 24.3 Å². The smallest absolute Gasteiger partial charge is 0.266 e. The van der Waals surface area contributed by atoms with E-state index in [1.807, 2.05) is 0 Å². The Hall–Kier alpha value is -4.35. The number of aromatic nitrogens is 4. The van der Waals surface area contributed by atoms with Crippen LogP contribution in [0.4, 0.5) is 11.5 Å². The number of primary sulfonamides is 1. The average molecular weight is 658 g/mol. The number of amides is 1. The van der Waals surface area contributed by atoms with Gasteiger partial charge in [0.15, 0.2) is 16.1 Å². The molecule has 0 saturated heterocycles. The summed E-state index contributed by atoms with van der Waals surface area (Å²) < 4.78 is 52.2. The van der Waals surface area contributed by atoms with Crippen molar-refractivity contribution in [2.24, 2.45) is 5.14 Å². The van der Waals surface area contributed by atoms with Gasteiger partial charge in [0, 0.05) is 5.69 Å². The molecule has 0 bridgehead atoms. The third-order valence-corrected chi connectivity index (χ3v) is 9.26. The lowest BCUT2D eigenvalue weighted by atomic mass is 10.2. The third kappa shape index (κ3) is 7.00. The van der Waals surface area contributed by atoms with Crippen LogP contribution in [0.25, 0.3) is 16.6 Å². The van der Waals surface area contributed by atoms with Crippen molar-refractivity contribution in [2.45, 2.75) is 14.9 Å². The Bertz CT molecular complexity index is 2110. The Kier molecular flexibility index (Phi) is 8.48. The van der Waals surface area contributed by atoms with E-state index in [9.17, 15) is 26.4 Å². The van der Waals surface area contributed by atoms with Gasteiger partial charge in [-0.1, -0.05) is 35.5 Å². The van der Waals surface area contributed by atoms with Crippen molar-refractivity contribution >= 4 is 71.7 Å². The molecule has 5 rings (SSSR count). The number of hydrogen-bond acceptors (Lipinski definition) is 10. The molecule has 3 aromatic carbocycles. The molecule has 0 saturated carbocycles. The van der Waals surface area contributed by atoms with E-state index in [1.165, 1.54) is 65.2 Å². The molecule has 220 valence electrons. The lowest BCUT2D eigenvalue weighted by molar-refractivity contribution is -0.113. The summed E-state index contributed by atoms with van der Waals surface area (Å²) in [7, 11) is -7.92. The maximum atomic E-state index is 13.4. The molecule has 4 N–H and O–H groups in total. The first-order valence-electron chi connectivity index (χ1n) is 12.1. The molecule has 43 heavy (non-hydrogen) atoms. The normalized spacial score (nSPS) is 11.8. The summed E-state index contributed by atoms with van der Waals surface area (Å²) in [5, 5.41) is 15.8. The summed E-state index contributed by atoms with van der Waals surface area (Å²) in [4.78, 5) is 30.6. The quantitative estimate of drug-likeness (QED) is 0.157. The molecule has 0 radical (unpaired) electrons. The summed E-state index contributed by atoms with van der Waals surface area (Å²) in [5.41, 5.74) is 0.668. The molecular formula is C26H20ClN7O6S3. The molecule has 0 atom stereocenters. The van der Waals surface area contributed by atoms with Gasteiger partial charge in [-0.25, -0.2) is 27.0 Å². The fourth-order valence-electron chi connectivity index (χ4n) is 3.83. The van der Waals surface area contributed by atoms with Crippen molar-refractivity contribution in [1.82, 2.24) is 19.7 Å². The van der Waals surface area contributed by atoms with Gasteiger partial charge in [-0.2, -0.15) is 0 Å². The number of carbonyl (C=O) groups excluding carboxylic acids is 1. The Morgan fingerprint density at radius 3 is 2.21 bits per heavy atom. The number of hydrogen-bond donors (Lipinski definition) is 3. The van der Waals surface area contributed by atoms with Crippen LogP contribution in [0.15, 0.2) is 105 Å². The number of para-hydroxylation sites is 1. The van der Waals surface area contributed by atoms with Gasteiger partial charge < -0.3 is 5.32 Å². The van der Waals surface area contributed by atoms with Crippen LogP contribution in [-0.4, -0.2) is 48.2 Å². The van der Waals surface area contributed by atoms with E-state index in [0.29, 0.717) is 22.3 Å². The summed E-state index contributed by atoms with van der Waals surface area (Å²) >= 11 is 6.66. The van der Waals surface area contributed by atoms with E-state index in [4.69, 9.17) is 16.7 Å². The maximum absolute atomic E-state index is 13.4. The lowest BCUT2D eigenvalue weighted by Crippen LogP contribution is -2.23. The number of nitrogens with zero attached hydrogens (tertiary/aromatic N) is 4. The minimum Gasteiger partial charge on any atom is -0.325 e. The highest BCUT2D eigenvalue weighted by atomic mass is 35.5. The first-order valence-corrected chi connectivity index (χ1v) is 16.5. The van der Waals surface area contributed by atoms with Crippen LogP contribution in [0, 0.1) is 0 Å². The van der Waals surface area contributed by atoms with Gasteiger partial charge in [0.25, 0.3) is 15.6 Å². The van der Waals surface area contributed by atoms with Crippen LogP contribution in [0.1, 0.15) is 0 Å². The Labute approximate surface area is 254 Å². The highest BCUT2D eigenvalue weighted by molar-refractivity contribution is 7.99. The average Bonchev–Trinajstić information content (AvgIpc) is 2.97. The van der Waals surface area contributed by atoms with Gasteiger partial charge in [0.2, 0.25) is 15.9 Å². The van der Waals surface area contributed by atoms with Crippen molar-refractivity contribution in [3.63, 3.8) is 0 Å². The molecule has 0 unspecified atom stereocenters. The van der Waals surface area contributed by atoms with Crippen LogP contribution in [0.2, 0.25) is 5.15 Å². The Morgan fingerprint density at radius 1 is 0.884 bits per heavy atom. The van der Waals surface area contributed by atoms with Gasteiger partial charge in [-0.3, -0.25) is 18.9 Å². The summed E-state index contributed by atoms with van der Waals surface area (Å²) in [5.74, 6) is -0.620. The van der Waals surface area contributed by atoms with Gasteiger partial charge in [0.1, 0.15) is 0 Å². The first kappa shape index (κ1) is 30.1. The molecule has 0 aliphatic heterocycles. The number of nitrogens with one attached hydrogen (secondary N) is 2. The molecule has 2 heterocycles. The molecule has 1 amide bonds. The number of fused-ring (bicyclic) bond motifs is 1. The van der Waals surface area contributed by atoms with Crippen molar-refractivity contribution in [3.05, 3.63) is 100 Å². The number of halogens is 1. The first-order chi connectivity index (χ1) is 20.4. The fraction of sp³-hybridized carbons (Fsp3) is 0.0385. The van der Waals surface area contributed by atoms with E-state index in [2.05, 4.69) is 25.2 Å². The van der Waals surface area contributed by atoms with Crippen molar-refractivity contribution in [2.75, 3.05) is 15.8 Å². The number of anilines is 2. The SMILES string of the molecule is NS(=O)(=O)c1ccc(-n2c(SCC(=O)Nc3ccc(S(=O)(=O)Nc4ccc(Cl)nn4)cc3)nc3ccccc3c2=O)cc1. The van der Waals surface area contributed by atoms with E-state index >= 15 is 0 Å². The van der Waals surface area contributed by atoms with E-state index < -0.39 is 31.5 Å². The number of benzene rings is 3. The van der Waals surface area contributed by atoms with Gasteiger partial charge >= 0.3 is 0 Å². The second kappa shape index (κ2) is 12.1. The van der Waals surface area contributed by atoms with Crippen LogP contribution in [-0.2, 0) is 24.8 Å². The largest absolute Gasteiger partial charge is 0.325 e. The third-order valence-electron chi connectivity index (χ3n) is 5.82. The number of thioether (sulfide) groups is 1. The van der Waals surface area contributed by atoms with Crippen LogP contribution >= 0.6 is 23.4 Å². The van der Waals surface area contributed by atoms with Crippen LogP contribution in [0.5, 0.6) is 0 Å². The number of sulfonamides is 2. The summed E-state index contributed by atoms with van der Waals surface area (Å²) in [6.45, 7) is 0. The van der Waals surface area contributed by atoms with Gasteiger partial charge in [-0.05, 0) is 72.8 Å². The monoisotopic (exact) mass is 657 g/mol. The highest BCUT2D eigenvalue weighted by Gasteiger charge is 2.18. The topological polar surface area (TPSA) is 196 Å². The Morgan fingerprint density at radius 2 is 1.56 bits per heavy atom. The molecule has 17 heteroatoms. The second-order valence-corrected chi connectivity index (χ2v) is 13.4. The van der Waals surface area contributed by atoms with Gasteiger partial charge in [0.05, 0.1) is 32.1 Å². The number of carbonyl (C=O) groups is 1. The molecule has 13 nitrogen and oxygen atoms in total. The minimum absolute atomic E-state index is 0.0139.